The lowest BCUT2D eigenvalue weighted by atomic mass is 10.0. The highest BCUT2D eigenvalue weighted by molar-refractivity contribution is 5.92. The lowest BCUT2D eigenvalue weighted by molar-refractivity contribution is -0.137. The van der Waals surface area contributed by atoms with E-state index in [1.165, 1.54) is 0 Å². The third kappa shape index (κ3) is 5.11. The van der Waals surface area contributed by atoms with Crippen LogP contribution in [0.2, 0.25) is 0 Å². The van der Waals surface area contributed by atoms with E-state index >= 15 is 0 Å². The Labute approximate surface area is 165 Å². The fourth-order valence-corrected chi connectivity index (χ4v) is 2.59. The SMILES string of the molecule is N#C/C(=C/c1cccc(OC(=O)c2ccc(C(F)(F)F)cc2)c1)c1ccccc1. The molecule has 144 valence electrons. The van der Waals surface area contributed by atoms with Crippen molar-refractivity contribution in [2.75, 3.05) is 0 Å². The van der Waals surface area contributed by atoms with Crippen molar-refractivity contribution in [3.63, 3.8) is 0 Å². The van der Waals surface area contributed by atoms with Crippen LogP contribution in [0.1, 0.15) is 27.0 Å². The molecule has 0 heterocycles. The molecule has 0 saturated heterocycles. The van der Waals surface area contributed by atoms with Crippen molar-refractivity contribution >= 4 is 17.6 Å². The predicted molar refractivity (Wildman–Crippen MR) is 103 cm³/mol. The number of benzene rings is 3. The number of alkyl halides is 3. The molecule has 0 saturated carbocycles. The topological polar surface area (TPSA) is 50.1 Å². The first-order valence-electron chi connectivity index (χ1n) is 8.53. The fraction of sp³-hybridized carbons (Fsp3) is 0.0435. The number of allylic oxidation sites excluding steroid dienone is 1. The number of carbonyl (C=O) groups excluding carboxylic acids is 1. The molecule has 0 aliphatic heterocycles. The summed E-state index contributed by atoms with van der Waals surface area (Å²) in [4.78, 5) is 12.2. The normalized spacial score (nSPS) is 11.6. The second-order valence-electron chi connectivity index (χ2n) is 6.07. The first-order chi connectivity index (χ1) is 13.9. The minimum absolute atomic E-state index is 0.000875. The molecule has 3 aromatic carbocycles. The summed E-state index contributed by atoms with van der Waals surface area (Å²) in [6.45, 7) is 0. The van der Waals surface area contributed by atoms with Crippen LogP contribution in [0.15, 0.2) is 78.9 Å². The summed E-state index contributed by atoms with van der Waals surface area (Å²) in [6, 6.07) is 21.6. The summed E-state index contributed by atoms with van der Waals surface area (Å²) in [6.07, 6.45) is -2.81. The molecule has 0 aliphatic carbocycles. The summed E-state index contributed by atoms with van der Waals surface area (Å²) < 4.78 is 43.1. The highest BCUT2D eigenvalue weighted by atomic mass is 19.4. The molecule has 0 aromatic heterocycles. The second-order valence-corrected chi connectivity index (χ2v) is 6.07. The molecule has 0 aliphatic rings. The van der Waals surface area contributed by atoms with E-state index in [-0.39, 0.29) is 11.3 Å². The van der Waals surface area contributed by atoms with Gasteiger partial charge in [-0.05, 0) is 53.6 Å². The van der Waals surface area contributed by atoms with Crippen LogP contribution >= 0.6 is 0 Å². The number of ether oxygens (including phenoxy) is 1. The van der Waals surface area contributed by atoms with E-state index < -0.39 is 17.7 Å². The van der Waals surface area contributed by atoms with Crippen LogP contribution in [0, 0.1) is 11.3 Å². The fourth-order valence-electron chi connectivity index (χ4n) is 2.59. The van der Waals surface area contributed by atoms with Crippen LogP contribution in [0.25, 0.3) is 11.6 Å². The van der Waals surface area contributed by atoms with E-state index in [0.717, 1.165) is 29.8 Å². The smallest absolute Gasteiger partial charge is 0.416 e. The molecule has 6 heteroatoms. The van der Waals surface area contributed by atoms with Crippen LogP contribution < -0.4 is 4.74 Å². The van der Waals surface area contributed by atoms with Gasteiger partial charge >= 0.3 is 12.1 Å². The van der Waals surface area contributed by atoms with Gasteiger partial charge in [0.05, 0.1) is 22.8 Å². The van der Waals surface area contributed by atoms with Gasteiger partial charge in [0.2, 0.25) is 0 Å². The molecule has 3 nitrogen and oxygen atoms in total. The monoisotopic (exact) mass is 393 g/mol. The number of nitrogens with zero attached hydrogens (tertiary/aromatic N) is 1. The molecule has 0 spiro atoms. The van der Waals surface area contributed by atoms with Crippen molar-refractivity contribution in [3.8, 4) is 11.8 Å². The van der Waals surface area contributed by atoms with Crippen molar-refractivity contribution in [1.82, 2.24) is 0 Å². The van der Waals surface area contributed by atoms with Gasteiger partial charge in [-0.2, -0.15) is 18.4 Å². The first-order valence-corrected chi connectivity index (χ1v) is 8.53. The molecule has 3 aromatic rings. The number of hydrogen-bond donors (Lipinski definition) is 0. The molecule has 0 unspecified atom stereocenters. The van der Waals surface area contributed by atoms with E-state index in [2.05, 4.69) is 6.07 Å². The maximum atomic E-state index is 12.6. The Morgan fingerprint density at radius 3 is 2.21 bits per heavy atom. The zero-order valence-corrected chi connectivity index (χ0v) is 15.0. The van der Waals surface area contributed by atoms with Crippen LogP contribution in [0.5, 0.6) is 5.75 Å². The standard InChI is InChI=1S/C23H14F3NO2/c24-23(25,26)20-11-9-18(10-12-20)22(28)29-21-8-4-5-16(14-21)13-19(15-27)17-6-2-1-3-7-17/h1-14H/b19-13-. The number of nitriles is 1. The van der Waals surface area contributed by atoms with Gasteiger partial charge in [-0.1, -0.05) is 42.5 Å². The molecular weight excluding hydrogens is 379 g/mol. The highest BCUT2D eigenvalue weighted by Crippen LogP contribution is 2.29. The number of hydrogen-bond acceptors (Lipinski definition) is 3. The Kier molecular flexibility index (Phi) is 5.79. The number of esters is 1. The zero-order valence-electron chi connectivity index (χ0n) is 15.0. The lowest BCUT2D eigenvalue weighted by Crippen LogP contribution is -2.10. The maximum absolute atomic E-state index is 12.6. The van der Waals surface area contributed by atoms with E-state index in [9.17, 15) is 23.2 Å². The van der Waals surface area contributed by atoms with Crippen molar-refractivity contribution in [2.24, 2.45) is 0 Å². The van der Waals surface area contributed by atoms with Crippen LogP contribution in [-0.2, 0) is 6.18 Å². The number of rotatable bonds is 4. The van der Waals surface area contributed by atoms with E-state index in [1.54, 1.807) is 30.3 Å². The zero-order chi connectivity index (χ0) is 20.9. The Balaban J connectivity index is 1.78. The summed E-state index contributed by atoms with van der Waals surface area (Å²) in [5, 5.41) is 9.40. The number of carbonyl (C=O) groups is 1. The van der Waals surface area contributed by atoms with Gasteiger partial charge in [-0.25, -0.2) is 4.79 Å². The Bertz CT molecular complexity index is 1080. The molecule has 3 rings (SSSR count). The average Bonchev–Trinajstić information content (AvgIpc) is 2.72. The third-order valence-corrected chi connectivity index (χ3v) is 4.03. The minimum Gasteiger partial charge on any atom is -0.423 e. The van der Waals surface area contributed by atoms with Gasteiger partial charge in [0.25, 0.3) is 0 Å². The largest absolute Gasteiger partial charge is 0.423 e. The molecule has 0 radical (unpaired) electrons. The highest BCUT2D eigenvalue weighted by Gasteiger charge is 2.30. The van der Waals surface area contributed by atoms with Gasteiger partial charge in [0.15, 0.2) is 0 Å². The van der Waals surface area contributed by atoms with Crippen LogP contribution in [-0.4, -0.2) is 5.97 Å². The Hall–Kier alpha value is -3.85. The van der Waals surface area contributed by atoms with Gasteiger partial charge in [0, 0.05) is 0 Å². The summed E-state index contributed by atoms with van der Waals surface area (Å²) in [5.41, 5.74) is 0.995. The molecule has 0 fully saturated rings. The summed E-state index contributed by atoms with van der Waals surface area (Å²) in [7, 11) is 0. The van der Waals surface area contributed by atoms with Crippen molar-refractivity contribution < 1.29 is 22.7 Å². The Morgan fingerprint density at radius 2 is 1.59 bits per heavy atom. The predicted octanol–water partition coefficient (Wildman–Crippen LogP) is 5.99. The van der Waals surface area contributed by atoms with Crippen molar-refractivity contribution in [3.05, 3.63) is 101 Å². The van der Waals surface area contributed by atoms with E-state index in [4.69, 9.17) is 4.74 Å². The van der Waals surface area contributed by atoms with Crippen LogP contribution in [0.4, 0.5) is 13.2 Å². The molecular formula is C23H14F3NO2. The maximum Gasteiger partial charge on any atom is 0.416 e. The molecule has 0 bridgehead atoms. The lowest BCUT2D eigenvalue weighted by Gasteiger charge is -2.08. The van der Waals surface area contributed by atoms with Crippen molar-refractivity contribution in [2.45, 2.75) is 6.18 Å². The minimum atomic E-state index is -4.47. The number of halogens is 3. The quantitative estimate of drug-likeness (QED) is 0.237. The van der Waals surface area contributed by atoms with Gasteiger partial charge in [-0.15, -0.1) is 0 Å². The Morgan fingerprint density at radius 1 is 0.897 bits per heavy atom. The first kappa shape index (κ1) is 19.9. The van der Waals surface area contributed by atoms with E-state index in [1.807, 2.05) is 30.3 Å². The molecule has 29 heavy (non-hydrogen) atoms. The second kappa shape index (κ2) is 8.44. The average molecular weight is 393 g/mol. The molecule has 0 amide bonds. The molecule has 0 atom stereocenters. The summed E-state index contributed by atoms with van der Waals surface area (Å²) >= 11 is 0. The van der Waals surface area contributed by atoms with E-state index in [0.29, 0.717) is 11.1 Å². The van der Waals surface area contributed by atoms with Gasteiger partial charge < -0.3 is 4.74 Å². The van der Waals surface area contributed by atoms with Crippen LogP contribution in [0.3, 0.4) is 0 Å². The molecule has 0 N–H and O–H groups in total. The summed E-state index contributed by atoms with van der Waals surface area (Å²) in [5.74, 6) is -0.558. The van der Waals surface area contributed by atoms with Crippen molar-refractivity contribution in [1.29, 1.82) is 5.26 Å². The third-order valence-electron chi connectivity index (χ3n) is 4.03. The van der Waals surface area contributed by atoms with Gasteiger partial charge in [-0.3, -0.25) is 0 Å². The van der Waals surface area contributed by atoms with Gasteiger partial charge in [0.1, 0.15) is 5.75 Å².